The Morgan fingerprint density at radius 2 is 2.07 bits per heavy atom. The SMILES string of the molecule is O=Cc1ccc(-c2cc(F)cc(Cl)c2)s1. The molecule has 0 amide bonds. The van der Waals surface area contributed by atoms with Gasteiger partial charge in [0, 0.05) is 9.90 Å². The molecule has 0 aliphatic heterocycles. The quantitative estimate of drug-likeness (QED) is 0.725. The normalized spacial score (nSPS) is 10.3. The van der Waals surface area contributed by atoms with Crippen molar-refractivity contribution in [3.63, 3.8) is 0 Å². The van der Waals surface area contributed by atoms with Gasteiger partial charge in [0.2, 0.25) is 0 Å². The van der Waals surface area contributed by atoms with Crippen LogP contribution in [0.5, 0.6) is 0 Å². The molecule has 0 aliphatic rings. The Hall–Kier alpha value is -1.19. The Bertz CT molecular complexity index is 487. The summed E-state index contributed by atoms with van der Waals surface area (Å²) in [4.78, 5) is 11.9. The number of thiophene rings is 1. The maximum Gasteiger partial charge on any atom is 0.160 e. The highest BCUT2D eigenvalue weighted by Gasteiger charge is 2.05. The molecule has 0 fully saturated rings. The third kappa shape index (κ3) is 2.25. The highest BCUT2D eigenvalue weighted by atomic mass is 35.5. The second-order valence-corrected chi connectivity index (χ2v) is 4.53. The highest BCUT2D eigenvalue weighted by Crippen LogP contribution is 2.29. The van der Waals surface area contributed by atoms with Gasteiger partial charge in [-0.15, -0.1) is 11.3 Å². The highest BCUT2D eigenvalue weighted by molar-refractivity contribution is 7.17. The molecule has 2 aromatic rings. The summed E-state index contributed by atoms with van der Waals surface area (Å²) < 4.78 is 13.1. The molecule has 2 rings (SSSR count). The van der Waals surface area contributed by atoms with E-state index in [1.807, 2.05) is 0 Å². The Kier molecular flexibility index (Phi) is 2.84. The van der Waals surface area contributed by atoms with Crippen LogP contribution in [0.15, 0.2) is 30.3 Å². The molecule has 0 spiro atoms. The molecule has 76 valence electrons. The van der Waals surface area contributed by atoms with Gasteiger partial charge in [0.05, 0.1) is 4.88 Å². The van der Waals surface area contributed by atoms with Crippen molar-refractivity contribution < 1.29 is 9.18 Å². The molecule has 0 N–H and O–H groups in total. The molecular formula is C11H6ClFOS. The Morgan fingerprint density at radius 3 is 2.67 bits per heavy atom. The Labute approximate surface area is 95.1 Å². The van der Waals surface area contributed by atoms with E-state index in [2.05, 4.69) is 0 Å². The average molecular weight is 241 g/mol. The van der Waals surface area contributed by atoms with Crippen molar-refractivity contribution >= 4 is 29.2 Å². The second kappa shape index (κ2) is 4.13. The van der Waals surface area contributed by atoms with E-state index < -0.39 is 0 Å². The van der Waals surface area contributed by atoms with E-state index in [0.29, 0.717) is 15.5 Å². The summed E-state index contributed by atoms with van der Waals surface area (Å²) >= 11 is 7.05. The molecule has 15 heavy (non-hydrogen) atoms. The lowest BCUT2D eigenvalue weighted by atomic mass is 10.2. The first-order valence-electron chi connectivity index (χ1n) is 4.20. The van der Waals surface area contributed by atoms with Gasteiger partial charge in [-0.1, -0.05) is 11.6 Å². The zero-order valence-electron chi connectivity index (χ0n) is 7.54. The van der Waals surface area contributed by atoms with Crippen LogP contribution in [0, 0.1) is 5.82 Å². The van der Waals surface area contributed by atoms with Crippen LogP contribution in [0.25, 0.3) is 10.4 Å². The van der Waals surface area contributed by atoms with Crippen molar-refractivity contribution in [2.45, 2.75) is 0 Å². The molecular weight excluding hydrogens is 235 g/mol. The van der Waals surface area contributed by atoms with Crippen LogP contribution < -0.4 is 0 Å². The van der Waals surface area contributed by atoms with Gasteiger partial charge < -0.3 is 0 Å². The number of carbonyl (C=O) groups excluding carboxylic acids is 1. The molecule has 0 atom stereocenters. The molecule has 0 saturated carbocycles. The molecule has 1 aromatic carbocycles. The lowest BCUT2D eigenvalue weighted by molar-refractivity contribution is 0.112. The molecule has 0 unspecified atom stereocenters. The van der Waals surface area contributed by atoms with Gasteiger partial charge in [-0.05, 0) is 35.9 Å². The van der Waals surface area contributed by atoms with Gasteiger partial charge in [-0.3, -0.25) is 4.79 Å². The van der Waals surface area contributed by atoms with Gasteiger partial charge in [0.15, 0.2) is 6.29 Å². The monoisotopic (exact) mass is 240 g/mol. The zero-order chi connectivity index (χ0) is 10.8. The number of carbonyl (C=O) groups is 1. The van der Waals surface area contributed by atoms with Crippen LogP contribution >= 0.6 is 22.9 Å². The van der Waals surface area contributed by atoms with Crippen LogP contribution in [0.3, 0.4) is 0 Å². The van der Waals surface area contributed by atoms with Crippen molar-refractivity contribution in [3.8, 4) is 10.4 Å². The fraction of sp³-hybridized carbons (Fsp3) is 0. The molecule has 1 heterocycles. The number of hydrogen-bond donors (Lipinski definition) is 0. The lowest BCUT2D eigenvalue weighted by Crippen LogP contribution is -1.77. The third-order valence-electron chi connectivity index (χ3n) is 1.89. The number of benzene rings is 1. The van der Waals surface area contributed by atoms with E-state index in [1.165, 1.54) is 23.5 Å². The summed E-state index contributed by atoms with van der Waals surface area (Å²) in [6, 6.07) is 7.79. The van der Waals surface area contributed by atoms with Crippen LogP contribution in [0.4, 0.5) is 4.39 Å². The van der Waals surface area contributed by atoms with Gasteiger partial charge >= 0.3 is 0 Å². The summed E-state index contributed by atoms with van der Waals surface area (Å²) in [6.07, 6.45) is 0.773. The first kappa shape index (κ1) is 10.3. The summed E-state index contributed by atoms with van der Waals surface area (Å²) in [5.74, 6) is -0.376. The van der Waals surface area contributed by atoms with Crippen molar-refractivity contribution in [3.05, 3.63) is 46.0 Å². The van der Waals surface area contributed by atoms with Gasteiger partial charge in [0.25, 0.3) is 0 Å². The number of rotatable bonds is 2. The maximum absolute atomic E-state index is 13.1. The standard InChI is InChI=1S/C11H6ClFOS/c12-8-3-7(4-9(13)5-8)11-2-1-10(6-14)15-11/h1-6H. The molecule has 1 nitrogen and oxygen atoms in total. The topological polar surface area (TPSA) is 17.1 Å². The van der Waals surface area contributed by atoms with E-state index in [0.717, 1.165) is 11.2 Å². The van der Waals surface area contributed by atoms with Gasteiger partial charge in [-0.2, -0.15) is 0 Å². The average Bonchev–Trinajstić information content (AvgIpc) is 2.64. The maximum atomic E-state index is 13.1. The van der Waals surface area contributed by atoms with E-state index in [1.54, 1.807) is 18.2 Å². The van der Waals surface area contributed by atoms with E-state index in [-0.39, 0.29) is 5.82 Å². The fourth-order valence-electron chi connectivity index (χ4n) is 1.27. The third-order valence-corrected chi connectivity index (χ3v) is 3.17. The molecule has 1 aromatic heterocycles. The molecule has 4 heteroatoms. The summed E-state index contributed by atoms with van der Waals surface area (Å²) in [5.41, 5.74) is 0.693. The largest absolute Gasteiger partial charge is 0.297 e. The van der Waals surface area contributed by atoms with E-state index >= 15 is 0 Å². The number of aldehydes is 1. The van der Waals surface area contributed by atoms with Crippen molar-refractivity contribution in [2.24, 2.45) is 0 Å². The second-order valence-electron chi connectivity index (χ2n) is 2.98. The zero-order valence-corrected chi connectivity index (χ0v) is 9.11. The predicted molar refractivity (Wildman–Crippen MR) is 60.1 cm³/mol. The fourth-order valence-corrected chi connectivity index (χ4v) is 2.30. The summed E-state index contributed by atoms with van der Waals surface area (Å²) in [5, 5.41) is 0.353. The molecule has 0 saturated heterocycles. The molecule has 0 radical (unpaired) electrons. The minimum Gasteiger partial charge on any atom is -0.297 e. The van der Waals surface area contributed by atoms with Gasteiger partial charge in [0.1, 0.15) is 5.82 Å². The Balaban J connectivity index is 2.48. The van der Waals surface area contributed by atoms with Crippen LogP contribution in [-0.2, 0) is 0 Å². The minimum absolute atomic E-state index is 0.353. The van der Waals surface area contributed by atoms with Crippen LogP contribution in [-0.4, -0.2) is 6.29 Å². The molecule has 0 aliphatic carbocycles. The molecule has 0 bridgehead atoms. The van der Waals surface area contributed by atoms with Crippen molar-refractivity contribution in [1.29, 1.82) is 0 Å². The van der Waals surface area contributed by atoms with E-state index in [4.69, 9.17) is 11.6 Å². The predicted octanol–water partition coefficient (Wildman–Crippen LogP) is 4.02. The van der Waals surface area contributed by atoms with Crippen LogP contribution in [0.1, 0.15) is 9.67 Å². The Morgan fingerprint density at radius 1 is 1.27 bits per heavy atom. The van der Waals surface area contributed by atoms with Gasteiger partial charge in [-0.25, -0.2) is 4.39 Å². The minimum atomic E-state index is -0.376. The first-order chi connectivity index (χ1) is 7.19. The van der Waals surface area contributed by atoms with Crippen molar-refractivity contribution in [1.82, 2.24) is 0 Å². The summed E-state index contributed by atoms with van der Waals surface area (Å²) in [6.45, 7) is 0. The smallest absolute Gasteiger partial charge is 0.160 e. The number of hydrogen-bond acceptors (Lipinski definition) is 2. The van der Waals surface area contributed by atoms with E-state index in [9.17, 15) is 9.18 Å². The van der Waals surface area contributed by atoms with Crippen LogP contribution in [0.2, 0.25) is 5.02 Å². The first-order valence-corrected chi connectivity index (χ1v) is 5.40. The van der Waals surface area contributed by atoms with Crippen molar-refractivity contribution in [2.75, 3.05) is 0 Å². The summed E-state index contributed by atoms with van der Waals surface area (Å²) in [7, 11) is 0. The number of halogens is 2. The lowest BCUT2D eigenvalue weighted by Gasteiger charge is -1.98.